The number of piperidine rings is 1. The Kier molecular flexibility index (Phi) is 4.58. The highest BCUT2D eigenvalue weighted by Crippen LogP contribution is 2.32. The summed E-state index contributed by atoms with van der Waals surface area (Å²) in [5, 5.41) is 13.4. The topological polar surface area (TPSA) is 109 Å². The van der Waals surface area contributed by atoms with Gasteiger partial charge in [-0.2, -0.15) is 10.4 Å². The van der Waals surface area contributed by atoms with Gasteiger partial charge in [0.15, 0.2) is 5.65 Å². The molecule has 2 N–H and O–H groups in total. The lowest BCUT2D eigenvalue weighted by Gasteiger charge is -2.30. The van der Waals surface area contributed by atoms with E-state index in [0.717, 1.165) is 54.0 Å². The van der Waals surface area contributed by atoms with Gasteiger partial charge in [-0.1, -0.05) is 12.1 Å². The standard InChI is InChI=1S/C22H20N8/c23-11-15-1-3-16(4-2-15)21-19(17-5-6-20-26-14-27-30(20)13-17)12-25-22(28-21)29-9-7-18(24)8-10-29/h1-6,12-14,18H,7-10,24H2. The molecule has 4 aromatic rings. The Morgan fingerprint density at radius 3 is 2.53 bits per heavy atom. The number of nitriles is 1. The van der Waals surface area contributed by atoms with Crippen molar-refractivity contribution in [1.82, 2.24) is 24.6 Å². The van der Waals surface area contributed by atoms with Crippen LogP contribution in [0.1, 0.15) is 18.4 Å². The normalized spacial score (nSPS) is 14.7. The molecule has 1 fully saturated rings. The number of hydrogen-bond donors (Lipinski definition) is 1. The molecule has 5 rings (SSSR count). The monoisotopic (exact) mass is 396 g/mol. The summed E-state index contributed by atoms with van der Waals surface area (Å²) in [6, 6.07) is 13.8. The summed E-state index contributed by atoms with van der Waals surface area (Å²) < 4.78 is 1.73. The maximum atomic E-state index is 9.14. The van der Waals surface area contributed by atoms with E-state index in [4.69, 9.17) is 16.0 Å². The van der Waals surface area contributed by atoms with Crippen molar-refractivity contribution < 1.29 is 0 Å². The number of fused-ring (bicyclic) bond motifs is 1. The fourth-order valence-corrected chi connectivity index (χ4v) is 3.73. The molecule has 8 heteroatoms. The van der Waals surface area contributed by atoms with E-state index in [-0.39, 0.29) is 6.04 Å². The molecule has 8 nitrogen and oxygen atoms in total. The predicted octanol–water partition coefficient (Wildman–Crippen LogP) is 2.65. The van der Waals surface area contributed by atoms with Crippen LogP contribution in [0.15, 0.2) is 55.1 Å². The Morgan fingerprint density at radius 1 is 1.00 bits per heavy atom. The summed E-state index contributed by atoms with van der Waals surface area (Å²) in [7, 11) is 0. The third kappa shape index (κ3) is 3.36. The highest BCUT2D eigenvalue weighted by molar-refractivity contribution is 5.81. The summed E-state index contributed by atoms with van der Waals surface area (Å²) >= 11 is 0. The fraction of sp³-hybridized carbons (Fsp3) is 0.227. The molecule has 1 aliphatic rings. The van der Waals surface area contributed by atoms with Crippen LogP contribution < -0.4 is 10.6 Å². The van der Waals surface area contributed by atoms with Gasteiger partial charge in [0.25, 0.3) is 0 Å². The second kappa shape index (κ2) is 7.54. The second-order valence-corrected chi connectivity index (χ2v) is 7.43. The number of nitrogens with two attached hydrogens (primary N) is 1. The number of hydrogen-bond acceptors (Lipinski definition) is 7. The summed E-state index contributed by atoms with van der Waals surface area (Å²) in [4.78, 5) is 16.0. The van der Waals surface area contributed by atoms with E-state index in [1.54, 1.807) is 16.6 Å². The zero-order valence-corrected chi connectivity index (χ0v) is 16.3. The third-order valence-electron chi connectivity index (χ3n) is 5.47. The summed E-state index contributed by atoms with van der Waals surface area (Å²) in [6.45, 7) is 1.69. The van der Waals surface area contributed by atoms with Crippen LogP contribution in [0.2, 0.25) is 0 Å². The van der Waals surface area contributed by atoms with E-state index in [0.29, 0.717) is 11.5 Å². The van der Waals surface area contributed by atoms with Crippen LogP contribution in [-0.2, 0) is 0 Å². The Morgan fingerprint density at radius 2 is 1.77 bits per heavy atom. The molecule has 1 saturated heterocycles. The molecular weight excluding hydrogens is 376 g/mol. The van der Waals surface area contributed by atoms with Crippen molar-refractivity contribution in [1.29, 1.82) is 5.26 Å². The van der Waals surface area contributed by atoms with E-state index in [1.165, 1.54) is 6.33 Å². The minimum Gasteiger partial charge on any atom is -0.341 e. The largest absolute Gasteiger partial charge is 0.341 e. The quantitative estimate of drug-likeness (QED) is 0.567. The smallest absolute Gasteiger partial charge is 0.225 e. The number of aromatic nitrogens is 5. The number of rotatable bonds is 3. The molecular formula is C22H20N8. The van der Waals surface area contributed by atoms with Gasteiger partial charge < -0.3 is 10.6 Å². The van der Waals surface area contributed by atoms with Crippen molar-refractivity contribution in [2.24, 2.45) is 5.73 Å². The van der Waals surface area contributed by atoms with E-state index in [9.17, 15) is 0 Å². The van der Waals surface area contributed by atoms with E-state index in [2.05, 4.69) is 26.0 Å². The van der Waals surface area contributed by atoms with E-state index >= 15 is 0 Å². The highest BCUT2D eigenvalue weighted by Gasteiger charge is 2.20. The van der Waals surface area contributed by atoms with Gasteiger partial charge in [0, 0.05) is 48.2 Å². The molecule has 0 radical (unpaired) electrons. The lowest BCUT2D eigenvalue weighted by molar-refractivity contribution is 0.495. The molecule has 0 atom stereocenters. The van der Waals surface area contributed by atoms with Gasteiger partial charge >= 0.3 is 0 Å². The molecule has 0 unspecified atom stereocenters. The van der Waals surface area contributed by atoms with Gasteiger partial charge in [0.1, 0.15) is 6.33 Å². The van der Waals surface area contributed by atoms with Crippen molar-refractivity contribution in [3.8, 4) is 28.5 Å². The first-order valence-corrected chi connectivity index (χ1v) is 9.89. The second-order valence-electron chi connectivity index (χ2n) is 7.43. The zero-order chi connectivity index (χ0) is 20.5. The van der Waals surface area contributed by atoms with Gasteiger partial charge in [0.2, 0.25) is 5.95 Å². The maximum absolute atomic E-state index is 9.14. The summed E-state index contributed by atoms with van der Waals surface area (Å²) in [5.74, 6) is 0.701. The highest BCUT2D eigenvalue weighted by atomic mass is 15.3. The lowest BCUT2D eigenvalue weighted by Crippen LogP contribution is -2.40. The van der Waals surface area contributed by atoms with Crippen LogP contribution >= 0.6 is 0 Å². The molecule has 30 heavy (non-hydrogen) atoms. The number of nitrogens with zero attached hydrogens (tertiary/aromatic N) is 7. The SMILES string of the molecule is N#Cc1ccc(-c2nc(N3CCC(N)CC3)ncc2-c2ccc3ncnn3c2)cc1. The average molecular weight is 396 g/mol. The molecule has 0 aliphatic carbocycles. The lowest BCUT2D eigenvalue weighted by atomic mass is 10.0. The van der Waals surface area contributed by atoms with Gasteiger partial charge in [-0.3, -0.25) is 0 Å². The molecule has 1 aliphatic heterocycles. The molecule has 0 bridgehead atoms. The number of benzene rings is 1. The number of anilines is 1. The number of pyridine rings is 1. The van der Waals surface area contributed by atoms with Crippen molar-refractivity contribution >= 4 is 11.6 Å². The Labute approximate surface area is 173 Å². The maximum Gasteiger partial charge on any atom is 0.225 e. The average Bonchev–Trinajstić information content (AvgIpc) is 3.27. The van der Waals surface area contributed by atoms with Gasteiger partial charge in [-0.15, -0.1) is 0 Å². The summed E-state index contributed by atoms with van der Waals surface area (Å²) in [6.07, 6.45) is 7.18. The third-order valence-corrected chi connectivity index (χ3v) is 5.47. The van der Waals surface area contributed by atoms with Gasteiger partial charge in [0.05, 0.1) is 17.3 Å². The van der Waals surface area contributed by atoms with Crippen LogP contribution in [0.3, 0.4) is 0 Å². The molecule has 1 aromatic carbocycles. The first-order chi connectivity index (χ1) is 14.7. The molecule has 148 valence electrons. The molecule has 0 saturated carbocycles. The van der Waals surface area contributed by atoms with E-state index in [1.807, 2.05) is 36.7 Å². The van der Waals surface area contributed by atoms with E-state index < -0.39 is 0 Å². The first-order valence-electron chi connectivity index (χ1n) is 9.89. The fourth-order valence-electron chi connectivity index (χ4n) is 3.73. The van der Waals surface area contributed by atoms with Crippen molar-refractivity contribution in [2.45, 2.75) is 18.9 Å². The first kappa shape index (κ1) is 18.2. The zero-order valence-electron chi connectivity index (χ0n) is 16.3. The van der Waals surface area contributed by atoms with Crippen LogP contribution in [0.4, 0.5) is 5.95 Å². The van der Waals surface area contributed by atoms with Crippen LogP contribution in [0.5, 0.6) is 0 Å². The van der Waals surface area contributed by atoms with Crippen molar-refractivity contribution in [2.75, 3.05) is 18.0 Å². The van der Waals surface area contributed by atoms with Crippen LogP contribution in [0, 0.1) is 11.3 Å². The minimum absolute atomic E-state index is 0.243. The molecule has 4 heterocycles. The van der Waals surface area contributed by atoms with Crippen LogP contribution in [-0.4, -0.2) is 43.7 Å². The van der Waals surface area contributed by atoms with Crippen LogP contribution in [0.25, 0.3) is 28.0 Å². The Bertz CT molecular complexity index is 1230. The van der Waals surface area contributed by atoms with Gasteiger partial charge in [-0.05, 0) is 37.1 Å². The minimum atomic E-state index is 0.243. The molecule has 3 aromatic heterocycles. The Balaban J connectivity index is 1.62. The van der Waals surface area contributed by atoms with Crippen molar-refractivity contribution in [3.05, 3.63) is 60.7 Å². The molecule has 0 spiro atoms. The molecule has 0 amide bonds. The van der Waals surface area contributed by atoms with Crippen molar-refractivity contribution in [3.63, 3.8) is 0 Å². The summed E-state index contributed by atoms with van der Waals surface area (Å²) in [5.41, 5.74) is 11.0. The Hall–Kier alpha value is -3.83. The predicted molar refractivity (Wildman–Crippen MR) is 114 cm³/mol. The van der Waals surface area contributed by atoms with Gasteiger partial charge in [-0.25, -0.2) is 19.5 Å².